The van der Waals surface area contributed by atoms with Crippen LogP contribution in [0, 0.1) is 0 Å². The van der Waals surface area contributed by atoms with Gasteiger partial charge in [0.2, 0.25) is 0 Å². The predicted octanol–water partition coefficient (Wildman–Crippen LogP) is 2.28. The van der Waals surface area contributed by atoms with Gasteiger partial charge in [0.05, 0.1) is 12.7 Å². The van der Waals surface area contributed by atoms with Crippen LogP contribution in [0.2, 0.25) is 0 Å². The van der Waals surface area contributed by atoms with Crippen molar-refractivity contribution in [1.29, 1.82) is 0 Å². The molecule has 0 saturated carbocycles. The maximum Gasteiger partial charge on any atom is 0.122 e. The van der Waals surface area contributed by atoms with E-state index in [2.05, 4.69) is 11.8 Å². The van der Waals surface area contributed by atoms with Crippen LogP contribution >= 0.6 is 0 Å². The van der Waals surface area contributed by atoms with E-state index in [1.807, 2.05) is 18.2 Å². The van der Waals surface area contributed by atoms with Gasteiger partial charge in [0, 0.05) is 43.7 Å². The molecule has 0 radical (unpaired) electrons. The summed E-state index contributed by atoms with van der Waals surface area (Å²) < 4.78 is 10.9. The van der Waals surface area contributed by atoms with Gasteiger partial charge in [-0.1, -0.05) is 0 Å². The van der Waals surface area contributed by atoms with E-state index in [1.165, 1.54) is 0 Å². The highest BCUT2D eigenvalue weighted by Crippen LogP contribution is 2.31. The largest absolute Gasteiger partial charge is 0.497 e. The number of hydrogen-bond acceptors (Lipinski definition) is 4. The van der Waals surface area contributed by atoms with Crippen molar-refractivity contribution in [2.24, 2.45) is 0 Å². The van der Waals surface area contributed by atoms with Crippen molar-refractivity contribution in [3.8, 4) is 5.75 Å². The van der Waals surface area contributed by atoms with Crippen molar-refractivity contribution < 1.29 is 9.47 Å². The highest BCUT2D eigenvalue weighted by molar-refractivity contribution is 5.61. The predicted molar refractivity (Wildman–Crippen MR) is 74.3 cm³/mol. The standard InChI is InChI=1S/C14H22N2O2/c1-14(18-3)5-4-6-16(10-14)12-7-11(15)8-13(9-12)17-2/h7-9H,4-6,10,15H2,1-3H3. The third-order valence-electron chi connectivity index (χ3n) is 3.67. The van der Waals surface area contributed by atoms with Crippen molar-refractivity contribution in [3.05, 3.63) is 18.2 Å². The average molecular weight is 250 g/mol. The molecule has 1 aliphatic heterocycles. The Labute approximate surface area is 109 Å². The maximum absolute atomic E-state index is 5.90. The monoisotopic (exact) mass is 250 g/mol. The molecule has 0 bridgehead atoms. The van der Waals surface area contributed by atoms with Gasteiger partial charge in [-0.15, -0.1) is 0 Å². The van der Waals surface area contributed by atoms with Gasteiger partial charge < -0.3 is 20.1 Å². The van der Waals surface area contributed by atoms with Gasteiger partial charge in [0.15, 0.2) is 0 Å². The fraction of sp³-hybridized carbons (Fsp3) is 0.571. The molecular weight excluding hydrogens is 228 g/mol. The number of ether oxygens (including phenoxy) is 2. The average Bonchev–Trinajstić information content (AvgIpc) is 2.38. The molecule has 1 fully saturated rings. The van der Waals surface area contributed by atoms with Gasteiger partial charge in [-0.25, -0.2) is 0 Å². The molecule has 0 aliphatic carbocycles. The number of nitrogens with two attached hydrogens (primary N) is 1. The summed E-state index contributed by atoms with van der Waals surface area (Å²) in [7, 11) is 3.44. The minimum Gasteiger partial charge on any atom is -0.497 e. The Kier molecular flexibility index (Phi) is 3.66. The van der Waals surface area contributed by atoms with Crippen LogP contribution in [0.25, 0.3) is 0 Å². The van der Waals surface area contributed by atoms with Crippen molar-refractivity contribution >= 4 is 11.4 Å². The van der Waals surface area contributed by atoms with E-state index < -0.39 is 0 Å². The zero-order valence-electron chi connectivity index (χ0n) is 11.4. The van der Waals surface area contributed by atoms with Crippen LogP contribution in [0.4, 0.5) is 11.4 Å². The van der Waals surface area contributed by atoms with Gasteiger partial charge in [-0.05, 0) is 25.8 Å². The first kappa shape index (κ1) is 13.0. The molecule has 1 saturated heterocycles. The summed E-state index contributed by atoms with van der Waals surface area (Å²) in [5.74, 6) is 0.801. The van der Waals surface area contributed by atoms with Crippen LogP contribution in [0.3, 0.4) is 0 Å². The van der Waals surface area contributed by atoms with Crippen molar-refractivity contribution in [1.82, 2.24) is 0 Å². The topological polar surface area (TPSA) is 47.7 Å². The van der Waals surface area contributed by atoms with E-state index in [0.29, 0.717) is 0 Å². The van der Waals surface area contributed by atoms with E-state index in [1.54, 1.807) is 14.2 Å². The zero-order chi connectivity index (χ0) is 13.2. The second kappa shape index (κ2) is 5.06. The molecule has 2 N–H and O–H groups in total. The number of benzene rings is 1. The summed E-state index contributed by atoms with van der Waals surface area (Å²) in [6.07, 6.45) is 2.22. The summed E-state index contributed by atoms with van der Waals surface area (Å²) >= 11 is 0. The molecule has 1 aromatic carbocycles. The Morgan fingerprint density at radius 2 is 2.06 bits per heavy atom. The third-order valence-corrected chi connectivity index (χ3v) is 3.67. The summed E-state index contributed by atoms with van der Waals surface area (Å²) in [6.45, 7) is 4.07. The number of anilines is 2. The van der Waals surface area contributed by atoms with Crippen molar-refractivity contribution in [3.63, 3.8) is 0 Å². The van der Waals surface area contributed by atoms with Crippen LogP contribution in [-0.2, 0) is 4.74 Å². The normalized spacial score (nSPS) is 24.1. The number of nitrogens with zero attached hydrogens (tertiary/aromatic N) is 1. The fourth-order valence-electron chi connectivity index (χ4n) is 2.50. The number of nitrogen functional groups attached to an aromatic ring is 1. The highest BCUT2D eigenvalue weighted by Gasteiger charge is 2.31. The lowest BCUT2D eigenvalue weighted by atomic mass is 9.94. The number of piperidine rings is 1. The first-order chi connectivity index (χ1) is 8.56. The Balaban J connectivity index is 2.23. The Morgan fingerprint density at radius 3 is 2.72 bits per heavy atom. The highest BCUT2D eigenvalue weighted by atomic mass is 16.5. The van der Waals surface area contributed by atoms with E-state index in [-0.39, 0.29) is 5.60 Å². The minimum atomic E-state index is -0.0733. The first-order valence-corrected chi connectivity index (χ1v) is 6.31. The van der Waals surface area contributed by atoms with E-state index in [9.17, 15) is 0 Å². The van der Waals surface area contributed by atoms with Crippen LogP contribution in [-0.4, -0.2) is 32.9 Å². The molecule has 100 valence electrons. The molecule has 1 unspecified atom stereocenters. The molecule has 0 amide bonds. The van der Waals surface area contributed by atoms with Crippen LogP contribution in [0.5, 0.6) is 5.75 Å². The molecule has 1 aromatic rings. The summed E-state index contributed by atoms with van der Waals surface area (Å²) in [4.78, 5) is 2.31. The quantitative estimate of drug-likeness (QED) is 0.836. The minimum absolute atomic E-state index is 0.0733. The fourth-order valence-corrected chi connectivity index (χ4v) is 2.50. The Morgan fingerprint density at radius 1 is 1.28 bits per heavy atom. The molecule has 0 spiro atoms. The number of rotatable bonds is 3. The second-order valence-electron chi connectivity index (χ2n) is 5.14. The van der Waals surface area contributed by atoms with Gasteiger partial charge in [0.1, 0.15) is 5.75 Å². The van der Waals surface area contributed by atoms with Crippen LogP contribution in [0.15, 0.2) is 18.2 Å². The molecule has 4 nitrogen and oxygen atoms in total. The zero-order valence-corrected chi connectivity index (χ0v) is 11.4. The number of methoxy groups -OCH3 is 2. The second-order valence-corrected chi connectivity index (χ2v) is 5.14. The molecular formula is C14H22N2O2. The molecule has 2 rings (SSSR count). The van der Waals surface area contributed by atoms with E-state index in [4.69, 9.17) is 15.2 Å². The van der Waals surface area contributed by atoms with Gasteiger partial charge in [-0.3, -0.25) is 0 Å². The lowest BCUT2D eigenvalue weighted by Gasteiger charge is -2.40. The van der Waals surface area contributed by atoms with Gasteiger partial charge in [0.25, 0.3) is 0 Å². The third kappa shape index (κ3) is 2.70. The van der Waals surface area contributed by atoms with Crippen LogP contribution < -0.4 is 15.4 Å². The molecule has 0 aromatic heterocycles. The van der Waals surface area contributed by atoms with Crippen molar-refractivity contribution in [2.75, 3.05) is 37.9 Å². The first-order valence-electron chi connectivity index (χ1n) is 6.31. The molecule has 18 heavy (non-hydrogen) atoms. The van der Waals surface area contributed by atoms with Gasteiger partial charge in [-0.2, -0.15) is 0 Å². The molecule has 1 heterocycles. The maximum atomic E-state index is 5.90. The van der Waals surface area contributed by atoms with E-state index in [0.717, 1.165) is 43.1 Å². The summed E-state index contributed by atoms with van der Waals surface area (Å²) in [5, 5.41) is 0. The number of hydrogen-bond donors (Lipinski definition) is 1. The van der Waals surface area contributed by atoms with E-state index >= 15 is 0 Å². The lowest BCUT2D eigenvalue weighted by molar-refractivity contribution is -0.00466. The Hall–Kier alpha value is -1.42. The summed E-state index contributed by atoms with van der Waals surface area (Å²) in [6, 6.07) is 5.85. The SMILES string of the molecule is COc1cc(N)cc(N2CCCC(C)(OC)C2)c1. The van der Waals surface area contributed by atoms with Gasteiger partial charge >= 0.3 is 0 Å². The lowest BCUT2D eigenvalue weighted by Crippen LogP contribution is -2.47. The smallest absolute Gasteiger partial charge is 0.122 e. The molecule has 1 aliphatic rings. The van der Waals surface area contributed by atoms with Crippen LogP contribution in [0.1, 0.15) is 19.8 Å². The van der Waals surface area contributed by atoms with Crippen molar-refractivity contribution in [2.45, 2.75) is 25.4 Å². The Bertz CT molecular complexity index is 422. The molecule has 4 heteroatoms. The molecule has 1 atom stereocenters. The summed E-state index contributed by atoms with van der Waals surface area (Å²) in [5.41, 5.74) is 7.67.